The second-order valence-corrected chi connectivity index (χ2v) is 28.2. The Morgan fingerprint density at radius 3 is 1.13 bits per heavy atom. The minimum atomic E-state index is -0.185. The van der Waals surface area contributed by atoms with Crippen LogP contribution in [0.15, 0.2) is 171 Å². The van der Waals surface area contributed by atoms with E-state index in [0.29, 0.717) is 36.0 Å². The first-order chi connectivity index (χ1) is 50.0. The Kier molecular flexibility index (Phi) is 24.0. The first-order valence-corrected chi connectivity index (χ1v) is 37.7. The van der Waals surface area contributed by atoms with Crippen LogP contribution in [0, 0.1) is 0 Å². The van der Waals surface area contributed by atoms with Gasteiger partial charge in [0.25, 0.3) is 0 Å². The maximum absolute atomic E-state index is 10.0. The van der Waals surface area contributed by atoms with Crippen molar-refractivity contribution in [2.75, 3.05) is 79.0 Å². The topological polar surface area (TPSA) is 217 Å². The normalized spacial score (nSPS) is 19.4. The molecule has 102 heavy (non-hydrogen) atoms. The quantitative estimate of drug-likeness (QED) is 0.0296. The van der Waals surface area contributed by atoms with Gasteiger partial charge < -0.3 is 64.8 Å². The average Bonchev–Trinajstić information content (AvgIpc) is 1.63. The highest BCUT2D eigenvalue weighted by Crippen LogP contribution is 2.41. The Labute approximate surface area is 600 Å². The second-order valence-electron chi connectivity index (χ2n) is 28.2. The van der Waals surface area contributed by atoms with Gasteiger partial charge in [-0.2, -0.15) is 15.0 Å². The van der Waals surface area contributed by atoms with Crippen LogP contribution in [0.4, 0.5) is 34.9 Å². The molecular formula is C83H103N15O4. The van der Waals surface area contributed by atoms with Crippen molar-refractivity contribution in [3.8, 4) is 44.9 Å². The van der Waals surface area contributed by atoms with Gasteiger partial charge in [-0.15, -0.1) is 0 Å². The highest BCUT2D eigenvalue weighted by atomic mass is 16.5. The maximum Gasteiger partial charge on any atom is 0.224 e. The Hall–Kier alpha value is -9.40. The molecule has 0 unspecified atom stereocenters. The molecule has 19 nitrogen and oxygen atoms in total. The summed E-state index contributed by atoms with van der Waals surface area (Å²) in [5.74, 6) is 3.69. The molecule has 0 amide bonds. The van der Waals surface area contributed by atoms with Gasteiger partial charge >= 0.3 is 0 Å². The molecule has 534 valence electrons. The number of unbranched alkanes of at least 4 members (excludes halogenated alkanes) is 3. The number of nitrogens with zero attached hydrogens (tertiary/aromatic N) is 11. The minimum Gasteiger partial charge on any atom is -0.457 e. The van der Waals surface area contributed by atoms with Crippen molar-refractivity contribution in [1.82, 2.24) is 48.5 Å². The highest BCUT2D eigenvalue weighted by Gasteiger charge is 2.28. The molecule has 0 bridgehead atoms. The van der Waals surface area contributed by atoms with Crippen LogP contribution >= 0.6 is 0 Å². The highest BCUT2D eigenvalue weighted by molar-refractivity contribution is 5.96. The molecule has 0 atom stereocenters. The molecule has 3 aliphatic carbocycles. The number of hydrogen-bond donors (Lipinski definition) is 7. The molecule has 1 saturated heterocycles. The number of fused-ring (bicyclic) bond motifs is 3. The van der Waals surface area contributed by atoms with E-state index in [4.69, 9.17) is 19.7 Å². The lowest BCUT2D eigenvalue weighted by atomic mass is 9.93. The maximum atomic E-state index is 10.0. The van der Waals surface area contributed by atoms with Crippen molar-refractivity contribution >= 4 is 68.0 Å². The summed E-state index contributed by atoms with van der Waals surface area (Å²) in [6.07, 6.45) is 29.6. The summed E-state index contributed by atoms with van der Waals surface area (Å²) in [5.41, 5.74) is 13.2. The Bertz CT molecular complexity index is 4200. The lowest BCUT2D eigenvalue weighted by molar-refractivity contribution is 0.111. The SMILES string of the molecule is CCCCNc1ncc2c(-c3ccc(N4CCN(C)CC4)cc3)cn(C3CCC(O)CC3)c2n1.CCCCNc1ncc2c(-c3ccc(Nc4ccccc4)cc3)cn(C3CCC(O)CC3)c2n1.CCCCNc1ncc2c(-c3ccc(Oc4ccccc4)cc3)cn(C3CCC(O)CC3)c2n1. The first-order valence-electron chi connectivity index (χ1n) is 37.7. The largest absolute Gasteiger partial charge is 0.457 e. The third-order valence-electron chi connectivity index (χ3n) is 20.8. The van der Waals surface area contributed by atoms with Crippen molar-refractivity contribution in [2.24, 2.45) is 0 Å². The zero-order valence-corrected chi connectivity index (χ0v) is 60.0. The van der Waals surface area contributed by atoms with Gasteiger partial charge in [0, 0.05) is 151 Å². The van der Waals surface area contributed by atoms with Crippen LogP contribution in [-0.4, -0.2) is 135 Å². The number of benzene rings is 5. The smallest absolute Gasteiger partial charge is 0.224 e. The van der Waals surface area contributed by atoms with Crippen LogP contribution < -0.4 is 30.9 Å². The molecular weight excluding hydrogens is 1270 g/mol. The van der Waals surface area contributed by atoms with Crippen LogP contribution in [-0.2, 0) is 0 Å². The summed E-state index contributed by atoms with van der Waals surface area (Å²) in [6.45, 7) is 13.5. The van der Waals surface area contributed by atoms with E-state index in [9.17, 15) is 15.3 Å². The Balaban J connectivity index is 0.000000137. The number of rotatable bonds is 23. The second kappa shape index (κ2) is 34.5. The molecule has 11 aromatic rings. The van der Waals surface area contributed by atoms with Crippen molar-refractivity contribution in [1.29, 1.82) is 0 Å². The van der Waals surface area contributed by atoms with Crippen molar-refractivity contribution in [3.05, 3.63) is 171 Å². The van der Waals surface area contributed by atoms with Gasteiger partial charge in [0.1, 0.15) is 28.4 Å². The average molecular weight is 1370 g/mol. The molecule has 4 aliphatic rings. The van der Waals surface area contributed by atoms with Gasteiger partial charge in [0.05, 0.1) is 18.3 Å². The molecule has 5 aromatic carbocycles. The number of aromatic nitrogens is 9. The predicted octanol–water partition coefficient (Wildman–Crippen LogP) is 17.6. The van der Waals surface area contributed by atoms with E-state index in [1.54, 1.807) is 0 Å². The zero-order valence-electron chi connectivity index (χ0n) is 60.0. The third kappa shape index (κ3) is 17.7. The van der Waals surface area contributed by atoms with Crippen molar-refractivity contribution < 1.29 is 20.1 Å². The van der Waals surface area contributed by atoms with Gasteiger partial charge in [-0.25, -0.2) is 15.0 Å². The van der Waals surface area contributed by atoms with Crippen LogP contribution in [0.5, 0.6) is 11.5 Å². The Morgan fingerprint density at radius 2 is 0.745 bits per heavy atom. The van der Waals surface area contributed by atoms with E-state index in [-0.39, 0.29) is 18.3 Å². The predicted molar refractivity (Wildman–Crippen MR) is 416 cm³/mol. The molecule has 15 rings (SSSR count). The summed E-state index contributed by atoms with van der Waals surface area (Å²) < 4.78 is 12.9. The fourth-order valence-electron chi connectivity index (χ4n) is 14.7. The monoisotopic (exact) mass is 1370 g/mol. The van der Waals surface area contributed by atoms with Crippen LogP contribution in [0.2, 0.25) is 0 Å². The van der Waals surface area contributed by atoms with Crippen LogP contribution in [0.3, 0.4) is 0 Å². The zero-order chi connectivity index (χ0) is 70.2. The minimum absolute atomic E-state index is 0.166. The fraction of sp³-hybridized carbons (Fsp3) is 0.422. The standard InChI is InChI=1S/C28H33N5O.C28H32N4O2.C27H38N6O/c1-2-3-17-29-28-30-18-25-26(19-33(27(25)32-28)23-13-15-24(34)16-14-23)20-9-11-22(12-10-20)31-21-7-5-4-6-8-21;1-2-3-17-29-28-30-18-25-26(19-32(27(25)31-28)21-11-13-22(33)14-12-21)20-9-15-24(16-10-20)34-23-7-5-4-6-8-23;1-3-4-13-28-27-29-18-24-25(19-33(26(24)30-27)22-9-11-23(34)12-10-22)20-5-7-21(8-6-20)32-16-14-31(2)15-17-32/h4-12,18-19,23-24,31,34H,2-3,13-17H2,1H3,(H,29,30,32);4-10,15-16,18-19,21-22,33H,2-3,11-14,17H2,1H3,(H,29,30,31);5-8,18-19,22-23,34H,3-4,9-17H2,1-2H3,(H,28,29,30). The molecule has 0 radical (unpaired) electrons. The summed E-state index contributed by atoms with van der Waals surface area (Å²) in [7, 11) is 2.19. The third-order valence-corrected chi connectivity index (χ3v) is 20.8. The molecule has 7 N–H and O–H groups in total. The van der Waals surface area contributed by atoms with E-state index < -0.39 is 0 Å². The number of aliphatic hydroxyl groups is 3. The molecule has 19 heteroatoms. The number of nitrogens with one attached hydrogen (secondary N) is 4. The van der Waals surface area contributed by atoms with E-state index in [2.05, 4.69) is 179 Å². The van der Waals surface area contributed by atoms with Gasteiger partial charge in [0.2, 0.25) is 17.8 Å². The summed E-state index contributed by atoms with van der Waals surface area (Å²) in [6, 6.07) is 46.8. The lowest BCUT2D eigenvalue weighted by Gasteiger charge is -2.34. The van der Waals surface area contributed by atoms with E-state index in [1.807, 2.05) is 79.3 Å². The van der Waals surface area contributed by atoms with E-state index in [1.165, 1.54) is 16.8 Å². The summed E-state index contributed by atoms with van der Waals surface area (Å²) in [4.78, 5) is 33.5. The number of aliphatic hydroxyl groups excluding tert-OH is 3. The van der Waals surface area contributed by atoms with Gasteiger partial charge in [-0.1, -0.05) is 113 Å². The fourth-order valence-corrected chi connectivity index (χ4v) is 14.7. The molecule has 7 heterocycles. The summed E-state index contributed by atoms with van der Waals surface area (Å²) in [5, 5.41) is 46.8. The van der Waals surface area contributed by atoms with Crippen molar-refractivity contribution in [3.63, 3.8) is 0 Å². The number of hydrogen-bond acceptors (Lipinski definition) is 16. The molecule has 6 aromatic heterocycles. The van der Waals surface area contributed by atoms with Gasteiger partial charge in [-0.05, 0) is 181 Å². The van der Waals surface area contributed by atoms with Crippen molar-refractivity contribution in [2.45, 2.75) is 173 Å². The molecule has 1 aliphatic heterocycles. The molecule has 0 spiro atoms. The Morgan fingerprint density at radius 1 is 0.402 bits per heavy atom. The van der Waals surface area contributed by atoms with Gasteiger partial charge in [0.15, 0.2) is 0 Å². The number of piperazine rings is 1. The number of anilines is 6. The van der Waals surface area contributed by atoms with Crippen LogP contribution in [0.1, 0.15) is 154 Å². The number of para-hydroxylation sites is 2. The van der Waals surface area contributed by atoms with E-state index >= 15 is 0 Å². The number of likely N-dealkylation sites (N-methyl/N-ethyl adjacent to an activating group) is 1. The molecule has 4 fully saturated rings. The van der Waals surface area contributed by atoms with Crippen LogP contribution in [0.25, 0.3) is 66.5 Å². The molecule has 3 saturated carbocycles. The van der Waals surface area contributed by atoms with E-state index in [0.717, 1.165) is 240 Å². The number of ether oxygens (including phenoxy) is 1. The lowest BCUT2D eigenvalue weighted by Crippen LogP contribution is -2.44. The summed E-state index contributed by atoms with van der Waals surface area (Å²) >= 11 is 0. The first kappa shape index (κ1) is 71.0. The van der Waals surface area contributed by atoms with Gasteiger partial charge in [-0.3, -0.25) is 0 Å².